The number of carbonyl (C=O) groups excluding carboxylic acids is 1. The molecule has 1 aromatic carbocycles. The first-order valence-corrected chi connectivity index (χ1v) is 9.10. The molecule has 0 saturated heterocycles. The summed E-state index contributed by atoms with van der Waals surface area (Å²) < 4.78 is 5.30. The van der Waals surface area contributed by atoms with Crippen LogP contribution in [0.1, 0.15) is 13.3 Å². The monoisotopic (exact) mass is 412 g/mol. The fourth-order valence-electron chi connectivity index (χ4n) is 2.38. The molecular weight excluding hydrogens is 390 g/mol. The van der Waals surface area contributed by atoms with Gasteiger partial charge in [0.1, 0.15) is 0 Å². The van der Waals surface area contributed by atoms with Gasteiger partial charge in [0.2, 0.25) is 4.77 Å². The van der Waals surface area contributed by atoms with Crippen molar-refractivity contribution in [2.24, 2.45) is 7.05 Å². The Morgan fingerprint density at radius 2 is 2.21 bits per heavy atom. The number of rotatable bonds is 7. The highest BCUT2D eigenvalue weighted by molar-refractivity contribution is 9.10. The minimum absolute atomic E-state index is 0.0454. The summed E-state index contributed by atoms with van der Waals surface area (Å²) in [5, 5.41) is 7.52. The summed E-state index contributed by atoms with van der Waals surface area (Å²) in [5.41, 5.74) is 0.995. The molecule has 0 aliphatic carbocycles. The van der Waals surface area contributed by atoms with Crippen LogP contribution in [0.15, 0.2) is 28.7 Å². The van der Waals surface area contributed by atoms with E-state index in [1.54, 1.807) is 4.68 Å². The van der Waals surface area contributed by atoms with Crippen LogP contribution < -0.4 is 10.2 Å². The lowest BCUT2D eigenvalue weighted by Gasteiger charge is -2.13. The van der Waals surface area contributed by atoms with Gasteiger partial charge in [0.05, 0.1) is 7.05 Å². The first-order chi connectivity index (χ1) is 11.4. The number of halogens is 1. The summed E-state index contributed by atoms with van der Waals surface area (Å²) in [6.07, 6.45) is 0.937. The Labute approximate surface area is 155 Å². The van der Waals surface area contributed by atoms with Crippen LogP contribution >= 0.6 is 28.1 Å². The SMILES string of the molecule is CCCNC(=O)C[NH+](C)Cn1nc(-c2cccc(Br)c2)n(C)c1=S. The number of quaternary nitrogens is 1. The van der Waals surface area contributed by atoms with Crippen molar-refractivity contribution in [1.82, 2.24) is 19.7 Å². The zero-order valence-corrected chi connectivity index (χ0v) is 16.6. The molecule has 0 aliphatic rings. The largest absolute Gasteiger partial charge is 0.351 e. The van der Waals surface area contributed by atoms with Gasteiger partial charge in [-0.3, -0.25) is 4.79 Å². The topological polar surface area (TPSA) is 56.3 Å². The quantitative estimate of drug-likeness (QED) is 0.675. The molecular formula is C16H23BrN5OS+. The molecule has 6 nitrogen and oxygen atoms in total. The van der Waals surface area contributed by atoms with E-state index in [4.69, 9.17) is 12.2 Å². The van der Waals surface area contributed by atoms with Crippen LogP contribution in [0.5, 0.6) is 0 Å². The normalized spacial score (nSPS) is 12.2. The molecule has 2 aromatic rings. The second kappa shape index (κ2) is 8.55. The Kier molecular flexibility index (Phi) is 6.70. The summed E-state index contributed by atoms with van der Waals surface area (Å²) >= 11 is 8.97. The number of hydrogen-bond donors (Lipinski definition) is 2. The summed E-state index contributed by atoms with van der Waals surface area (Å²) in [6, 6.07) is 7.95. The van der Waals surface area contributed by atoms with Crippen LogP contribution in [-0.2, 0) is 18.5 Å². The third kappa shape index (κ3) is 4.75. The number of carbonyl (C=O) groups is 1. The molecule has 1 unspecified atom stereocenters. The number of aromatic nitrogens is 3. The minimum atomic E-state index is 0.0454. The van der Waals surface area contributed by atoms with Crippen molar-refractivity contribution in [3.05, 3.63) is 33.5 Å². The average Bonchev–Trinajstić information content (AvgIpc) is 2.81. The van der Waals surface area contributed by atoms with Crippen LogP contribution in [0, 0.1) is 4.77 Å². The molecule has 0 bridgehead atoms. The smallest absolute Gasteiger partial charge is 0.275 e. The Morgan fingerprint density at radius 1 is 1.46 bits per heavy atom. The van der Waals surface area contributed by atoms with Crippen molar-refractivity contribution in [2.75, 3.05) is 20.1 Å². The van der Waals surface area contributed by atoms with E-state index in [0.29, 0.717) is 24.5 Å². The van der Waals surface area contributed by atoms with Gasteiger partial charge in [0, 0.05) is 23.6 Å². The fraction of sp³-hybridized carbons (Fsp3) is 0.438. The van der Waals surface area contributed by atoms with Crippen molar-refractivity contribution in [3.63, 3.8) is 0 Å². The van der Waals surface area contributed by atoms with Crippen LogP contribution in [0.2, 0.25) is 0 Å². The second-order valence-electron chi connectivity index (χ2n) is 5.82. The summed E-state index contributed by atoms with van der Waals surface area (Å²) in [6.45, 7) is 3.68. The van der Waals surface area contributed by atoms with Crippen LogP contribution in [0.4, 0.5) is 0 Å². The lowest BCUT2D eigenvalue weighted by molar-refractivity contribution is -0.895. The standard InChI is InChI=1S/C16H22BrN5OS/c1-4-8-18-14(23)10-20(2)11-22-16(24)21(3)15(19-22)12-6-5-7-13(17)9-12/h5-7,9H,4,8,10-11H2,1-3H3,(H,18,23)/p+1. The van der Waals surface area contributed by atoms with E-state index in [-0.39, 0.29) is 5.91 Å². The Balaban J connectivity index is 2.13. The predicted octanol–water partition coefficient (Wildman–Crippen LogP) is 1.38. The molecule has 0 fully saturated rings. The van der Waals surface area contributed by atoms with Crippen molar-refractivity contribution >= 4 is 34.1 Å². The number of nitrogens with zero attached hydrogens (tertiary/aromatic N) is 3. The molecule has 1 aromatic heterocycles. The van der Waals surface area contributed by atoms with Crippen molar-refractivity contribution in [3.8, 4) is 11.4 Å². The first kappa shape index (κ1) is 18.8. The van der Waals surface area contributed by atoms with E-state index in [1.807, 2.05) is 49.9 Å². The number of benzene rings is 1. The molecule has 1 heterocycles. The van der Waals surface area contributed by atoms with Gasteiger partial charge in [-0.25, -0.2) is 0 Å². The van der Waals surface area contributed by atoms with E-state index >= 15 is 0 Å². The lowest BCUT2D eigenvalue weighted by Crippen LogP contribution is -3.09. The van der Waals surface area contributed by atoms with Gasteiger partial charge in [-0.2, -0.15) is 4.68 Å². The second-order valence-corrected chi connectivity index (χ2v) is 7.10. The molecule has 130 valence electrons. The molecule has 0 spiro atoms. The summed E-state index contributed by atoms with van der Waals surface area (Å²) in [7, 11) is 3.87. The van der Waals surface area contributed by atoms with E-state index in [0.717, 1.165) is 27.2 Å². The maximum absolute atomic E-state index is 11.8. The van der Waals surface area contributed by atoms with E-state index < -0.39 is 0 Å². The Morgan fingerprint density at radius 3 is 2.88 bits per heavy atom. The zero-order valence-electron chi connectivity index (χ0n) is 14.2. The van der Waals surface area contributed by atoms with Gasteiger partial charge in [-0.1, -0.05) is 35.0 Å². The van der Waals surface area contributed by atoms with Gasteiger partial charge in [-0.05, 0) is 30.8 Å². The summed E-state index contributed by atoms with van der Waals surface area (Å²) in [4.78, 5) is 12.8. The highest BCUT2D eigenvalue weighted by Crippen LogP contribution is 2.21. The number of likely N-dealkylation sites (N-methyl/N-ethyl adjacent to an activating group) is 1. The zero-order chi connectivity index (χ0) is 17.7. The highest BCUT2D eigenvalue weighted by atomic mass is 79.9. The third-order valence-corrected chi connectivity index (χ3v) is 4.56. The van der Waals surface area contributed by atoms with E-state index in [9.17, 15) is 4.79 Å². The van der Waals surface area contributed by atoms with Crippen LogP contribution in [-0.4, -0.2) is 40.4 Å². The highest BCUT2D eigenvalue weighted by Gasteiger charge is 2.15. The first-order valence-electron chi connectivity index (χ1n) is 7.90. The van der Waals surface area contributed by atoms with E-state index in [1.165, 1.54) is 0 Å². The molecule has 1 atom stereocenters. The maximum atomic E-state index is 11.8. The van der Waals surface area contributed by atoms with Gasteiger partial charge in [0.15, 0.2) is 19.0 Å². The fourth-order valence-corrected chi connectivity index (χ4v) is 2.97. The molecule has 0 aliphatic heterocycles. The van der Waals surface area contributed by atoms with Gasteiger partial charge in [0.25, 0.3) is 5.91 Å². The van der Waals surface area contributed by atoms with E-state index in [2.05, 4.69) is 26.3 Å². The predicted molar refractivity (Wildman–Crippen MR) is 100 cm³/mol. The molecule has 2 N–H and O–H groups in total. The average molecular weight is 413 g/mol. The van der Waals surface area contributed by atoms with Crippen molar-refractivity contribution in [1.29, 1.82) is 0 Å². The molecule has 24 heavy (non-hydrogen) atoms. The number of nitrogens with one attached hydrogen (secondary N) is 2. The Bertz CT molecular complexity index is 770. The number of hydrogen-bond acceptors (Lipinski definition) is 3. The number of amides is 1. The van der Waals surface area contributed by atoms with Gasteiger partial charge >= 0.3 is 0 Å². The molecule has 1 amide bonds. The van der Waals surface area contributed by atoms with Crippen LogP contribution in [0.3, 0.4) is 0 Å². The lowest BCUT2D eigenvalue weighted by atomic mass is 10.2. The molecule has 2 rings (SSSR count). The maximum Gasteiger partial charge on any atom is 0.275 e. The van der Waals surface area contributed by atoms with Crippen molar-refractivity contribution in [2.45, 2.75) is 20.0 Å². The summed E-state index contributed by atoms with van der Waals surface area (Å²) in [5.74, 6) is 0.855. The molecule has 0 saturated carbocycles. The van der Waals surface area contributed by atoms with Crippen LogP contribution in [0.25, 0.3) is 11.4 Å². The minimum Gasteiger partial charge on any atom is -0.351 e. The Hall–Kier alpha value is -1.51. The third-order valence-electron chi connectivity index (χ3n) is 3.58. The van der Waals surface area contributed by atoms with Gasteiger partial charge < -0.3 is 14.8 Å². The van der Waals surface area contributed by atoms with Gasteiger partial charge in [-0.15, -0.1) is 5.10 Å². The molecule has 0 radical (unpaired) electrons. The van der Waals surface area contributed by atoms with Crippen molar-refractivity contribution < 1.29 is 9.69 Å². The molecule has 8 heteroatoms.